The van der Waals surface area contributed by atoms with Gasteiger partial charge < -0.3 is 20.7 Å². The number of benzene rings is 1. The molecule has 156 valence electrons. The Kier molecular flexibility index (Phi) is 8.46. The molecule has 0 aromatic heterocycles. The Morgan fingerprint density at radius 3 is 2.50 bits per heavy atom. The number of guanidine groups is 1. The molecule has 0 unspecified atom stereocenters. The lowest BCUT2D eigenvalue weighted by Crippen LogP contribution is -2.52. The van der Waals surface area contributed by atoms with Gasteiger partial charge in [0.2, 0.25) is 0 Å². The summed E-state index contributed by atoms with van der Waals surface area (Å²) in [4.78, 5) is 17.4. The first kappa shape index (κ1) is 21.9. The highest BCUT2D eigenvalue weighted by Gasteiger charge is 2.28. The van der Waals surface area contributed by atoms with Gasteiger partial charge in [-0.05, 0) is 32.9 Å². The van der Waals surface area contributed by atoms with Crippen LogP contribution in [-0.2, 0) is 4.74 Å². The van der Waals surface area contributed by atoms with Gasteiger partial charge in [0, 0.05) is 56.1 Å². The summed E-state index contributed by atoms with van der Waals surface area (Å²) in [5.41, 5.74) is 0.916. The highest BCUT2D eigenvalue weighted by atomic mass is 16.6. The van der Waals surface area contributed by atoms with E-state index in [4.69, 9.17) is 9.73 Å². The lowest BCUT2D eigenvalue weighted by Gasteiger charge is -2.39. The minimum absolute atomic E-state index is 0.0247. The van der Waals surface area contributed by atoms with E-state index in [-0.39, 0.29) is 11.2 Å². The number of aliphatic imine (C=N–C) groups is 1. The number of rotatable bonds is 9. The molecule has 3 N–H and O–H groups in total. The number of nitro benzene ring substituents is 1. The van der Waals surface area contributed by atoms with Crippen LogP contribution in [0.3, 0.4) is 0 Å². The highest BCUT2D eigenvalue weighted by Crippen LogP contribution is 2.16. The van der Waals surface area contributed by atoms with E-state index in [9.17, 15) is 10.1 Å². The molecule has 1 aromatic carbocycles. The quantitative estimate of drug-likeness (QED) is 0.193. The van der Waals surface area contributed by atoms with E-state index < -0.39 is 4.92 Å². The van der Waals surface area contributed by atoms with Crippen LogP contribution in [0.5, 0.6) is 0 Å². The maximum Gasteiger partial charge on any atom is 0.269 e. The minimum atomic E-state index is -0.400. The van der Waals surface area contributed by atoms with Crippen LogP contribution in [0, 0.1) is 10.1 Å². The van der Waals surface area contributed by atoms with E-state index >= 15 is 0 Å². The molecule has 0 saturated carbocycles. The molecule has 1 fully saturated rings. The van der Waals surface area contributed by atoms with Gasteiger partial charge in [0.15, 0.2) is 5.96 Å². The van der Waals surface area contributed by atoms with Crippen LogP contribution in [-0.4, -0.2) is 73.8 Å². The predicted molar refractivity (Wildman–Crippen MR) is 112 cm³/mol. The van der Waals surface area contributed by atoms with Crippen LogP contribution in [0.15, 0.2) is 29.3 Å². The van der Waals surface area contributed by atoms with Gasteiger partial charge in [0.1, 0.15) is 0 Å². The van der Waals surface area contributed by atoms with Crippen molar-refractivity contribution in [2.75, 3.05) is 57.8 Å². The van der Waals surface area contributed by atoms with Crippen molar-refractivity contribution in [3.63, 3.8) is 0 Å². The standard InChI is InChI=1S/C19H32N6O3/c1-4-20-18(23-15-19(2,3)24-11-13-28-14-12-24)22-10-9-21-16-5-7-17(8-6-16)25(26)27/h5-8,21H,4,9-15H2,1-3H3,(H2,20,22,23). The second-order valence-electron chi connectivity index (χ2n) is 7.26. The monoisotopic (exact) mass is 392 g/mol. The van der Waals surface area contributed by atoms with E-state index in [2.05, 4.69) is 34.7 Å². The topological polar surface area (TPSA) is 104 Å². The summed E-state index contributed by atoms with van der Waals surface area (Å²) >= 11 is 0. The number of morpholine rings is 1. The molecule has 28 heavy (non-hydrogen) atoms. The maximum atomic E-state index is 10.7. The summed E-state index contributed by atoms with van der Waals surface area (Å²) in [6.45, 7) is 12.7. The molecule has 0 amide bonds. The van der Waals surface area contributed by atoms with Gasteiger partial charge in [-0.15, -0.1) is 0 Å². The fourth-order valence-corrected chi connectivity index (χ4v) is 2.97. The number of nitrogens with one attached hydrogen (secondary N) is 3. The van der Waals surface area contributed by atoms with Crippen molar-refractivity contribution < 1.29 is 9.66 Å². The number of hydrogen-bond acceptors (Lipinski definition) is 6. The molecule has 2 rings (SSSR count). The molecule has 0 spiro atoms. The molecular formula is C19H32N6O3. The van der Waals surface area contributed by atoms with Crippen LogP contribution in [0.1, 0.15) is 20.8 Å². The maximum absolute atomic E-state index is 10.7. The van der Waals surface area contributed by atoms with Crippen molar-refractivity contribution in [1.82, 2.24) is 15.5 Å². The van der Waals surface area contributed by atoms with Gasteiger partial charge in [-0.1, -0.05) is 0 Å². The van der Waals surface area contributed by atoms with E-state index in [0.717, 1.165) is 44.5 Å². The molecule has 0 atom stereocenters. The molecule has 0 aliphatic carbocycles. The normalized spacial score (nSPS) is 15.9. The Labute approximate surface area is 166 Å². The van der Waals surface area contributed by atoms with Crippen LogP contribution in [0.2, 0.25) is 0 Å². The van der Waals surface area contributed by atoms with Crippen molar-refractivity contribution in [3.05, 3.63) is 34.4 Å². The largest absolute Gasteiger partial charge is 0.383 e. The first-order chi connectivity index (χ1) is 13.4. The Hall–Kier alpha value is -2.39. The van der Waals surface area contributed by atoms with E-state index in [0.29, 0.717) is 19.6 Å². The zero-order valence-corrected chi connectivity index (χ0v) is 17.0. The lowest BCUT2D eigenvalue weighted by molar-refractivity contribution is -0.384. The first-order valence-electron chi connectivity index (χ1n) is 9.75. The van der Waals surface area contributed by atoms with Crippen LogP contribution in [0.4, 0.5) is 11.4 Å². The Morgan fingerprint density at radius 1 is 1.21 bits per heavy atom. The third kappa shape index (κ3) is 6.97. The van der Waals surface area contributed by atoms with Crippen molar-refractivity contribution in [1.29, 1.82) is 0 Å². The number of ether oxygens (including phenoxy) is 1. The number of nitro groups is 1. The number of non-ortho nitro benzene ring substituents is 1. The molecule has 1 heterocycles. The van der Waals surface area contributed by atoms with Gasteiger partial charge in [-0.2, -0.15) is 0 Å². The summed E-state index contributed by atoms with van der Waals surface area (Å²) in [7, 11) is 0. The fraction of sp³-hybridized carbons (Fsp3) is 0.632. The number of anilines is 1. The second-order valence-corrected chi connectivity index (χ2v) is 7.26. The zero-order valence-electron chi connectivity index (χ0n) is 17.0. The summed E-state index contributed by atoms with van der Waals surface area (Å²) in [5, 5.41) is 20.5. The molecular weight excluding hydrogens is 360 g/mol. The van der Waals surface area contributed by atoms with Crippen molar-refractivity contribution >= 4 is 17.3 Å². The third-order valence-corrected chi connectivity index (χ3v) is 4.66. The Balaban J connectivity index is 1.79. The van der Waals surface area contributed by atoms with Crippen molar-refractivity contribution in [2.24, 2.45) is 4.99 Å². The van der Waals surface area contributed by atoms with Crippen LogP contribution in [0.25, 0.3) is 0 Å². The van der Waals surface area contributed by atoms with E-state index in [1.54, 1.807) is 12.1 Å². The van der Waals surface area contributed by atoms with Crippen molar-refractivity contribution in [3.8, 4) is 0 Å². The first-order valence-corrected chi connectivity index (χ1v) is 9.75. The summed E-state index contributed by atoms with van der Waals surface area (Å²) in [6.07, 6.45) is 0. The Morgan fingerprint density at radius 2 is 1.89 bits per heavy atom. The minimum Gasteiger partial charge on any atom is -0.383 e. The molecule has 9 nitrogen and oxygen atoms in total. The van der Waals surface area contributed by atoms with Crippen molar-refractivity contribution in [2.45, 2.75) is 26.3 Å². The average molecular weight is 393 g/mol. The molecule has 0 radical (unpaired) electrons. The molecule has 1 saturated heterocycles. The van der Waals surface area contributed by atoms with Gasteiger partial charge >= 0.3 is 0 Å². The predicted octanol–water partition coefficient (Wildman–Crippen LogP) is 1.67. The van der Waals surface area contributed by atoms with Gasteiger partial charge in [0.25, 0.3) is 5.69 Å². The average Bonchev–Trinajstić information content (AvgIpc) is 2.70. The van der Waals surface area contributed by atoms with Gasteiger partial charge in [-0.25, -0.2) is 0 Å². The summed E-state index contributed by atoms with van der Waals surface area (Å²) in [6, 6.07) is 6.41. The van der Waals surface area contributed by atoms with Gasteiger partial charge in [0.05, 0.1) is 24.7 Å². The molecule has 9 heteroatoms. The van der Waals surface area contributed by atoms with E-state index in [1.807, 2.05) is 6.92 Å². The summed E-state index contributed by atoms with van der Waals surface area (Å²) in [5.74, 6) is 0.786. The molecule has 0 bridgehead atoms. The van der Waals surface area contributed by atoms with E-state index in [1.165, 1.54) is 12.1 Å². The number of hydrogen-bond donors (Lipinski definition) is 3. The SMILES string of the molecule is CCNC(=NCC(C)(C)N1CCOCC1)NCCNc1ccc([N+](=O)[O-])cc1. The molecule has 1 aliphatic heterocycles. The van der Waals surface area contributed by atoms with Gasteiger partial charge in [-0.3, -0.25) is 20.0 Å². The number of nitrogens with zero attached hydrogens (tertiary/aromatic N) is 3. The zero-order chi connectivity index (χ0) is 20.4. The van der Waals surface area contributed by atoms with Crippen LogP contribution >= 0.6 is 0 Å². The summed E-state index contributed by atoms with van der Waals surface area (Å²) < 4.78 is 5.44. The lowest BCUT2D eigenvalue weighted by atomic mass is 10.0. The molecule has 1 aliphatic rings. The Bertz CT molecular complexity index is 642. The second kappa shape index (κ2) is 10.8. The van der Waals surface area contributed by atoms with Crippen LogP contribution < -0.4 is 16.0 Å². The molecule has 1 aromatic rings. The third-order valence-electron chi connectivity index (χ3n) is 4.66. The smallest absolute Gasteiger partial charge is 0.269 e. The fourth-order valence-electron chi connectivity index (χ4n) is 2.97. The highest BCUT2D eigenvalue weighted by molar-refractivity contribution is 5.79.